The Labute approximate surface area is 76.2 Å². The Morgan fingerprint density at radius 3 is 2.62 bits per heavy atom. The molecule has 0 saturated carbocycles. The molecule has 2 atom stereocenters. The monoisotopic (exact) mass is 211 g/mol. The van der Waals surface area contributed by atoms with Crippen molar-refractivity contribution >= 4 is 13.6 Å². The molecule has 0 aliphatic rings. The smallest absolute Gasteiger partial charge is 0.327 e. The Balaban J connectivity index is 3.68. The first-order chi connectivity index (χ1) is 5.89. The third-order valence-corrected chi connectivity index (χ3v) is 3.01. The highest BCUT2D eigenvalue weighted by Crippen LogP contribution is 2.41. The first-order valence-electron chi connectivity index (χ1n) is 3.75. The molecule has 0 heterocycles. The van der Waals surface area contributed by atoms with Crippen molar-refractivity contribution in [2.24, 2.45) is 5.73 Å². The minimum Gasteiger partial charge on any atom is -0.480 e. The van der Waals surface area contributed by atoms with Gasteiger partial charge in [0.05, 0.1) is 6.16 Å². The maximum Gasteiger partial charge on any atom is 0.327 e. The minimum absolute atomic E-state index is 0.0650. The van der Waals surface area contributed by atoms with Crippen molar-refractivity contribution in [2.75, 3.05) is 13.3 Å². The fourth-order valence-electron chi connectivity index (χ4n) is 0.726. The topological polar surface area (TPSA) is 110 Å². The summed E-state index contributed by atoms with van der Waals surface area (Å²) in [4.78, 5) is 19.2. The summed E-state index contributed by atoms with van der Waals surface area (Å²) in [5, 5.41) is 8.38. The Hall–Kier alpha value is -0.420. The number of hydrogen-bond acceptors (Lipinski definition) is 4. The van der Waals surface area contributed by atoms with Crippen molar-refractivity contribution in [2.45, 2.75) is 18.9 Å². The van der Waals surface area contributed by atoms with Gasteiger partial charge in [-0.25, -0.2) is 0 Å². The first kappa shape index (κ1) is 12.6. The summed E-state index contributed by atoms with van der Waals surface area (Å²) < 4.78 is 15.2. The van der Waals surface area contributed by atoms with Gasteiger partial charge in [0.15, 0.2) is 0 Å². The van der Waals surface area contributed by atoms with E-state index in [2.05, 4.69) is 4.52 Å². The molecular formula is C6H14NO5P. The van der Waals surface area contributed by atoms with Crippen LogP contribution in [-0.4, -0.2) is 35.3 Å². The third kappa shape index (κ3) is 5.76. The molecule has 0 aliphatic heterocycles. The summed E-state index contributed by atoms with van der Waals surface area (Å²) in [6, 6.07) is -0.975. The molecule has 0 aromatic rings. The molecule has 6 nitrogen and oxygen atoms in total. The van der Waals surface area contributed by atoms with E-state index in [-0.39, 0.29) is 19.0 Å². The van der Waals surface area contributed by atoms with Gasteiger partial charge in [-0.2, -0.15) is 0 Å². The van der Waals surface area contributed by atoms with Gasteiger partial charge in [-0.3, -0.25) is 9.36 Å². The molecule has 13 heavy (non-hydrogen) atoms. The van der Waals surface area contributed by atoms with Gasteiger partial charge in [-0.15, -0.1) is 0 Å². The Kier molecular flexibility index (Phi) is 5.17. The number of rotatable bonds is 6. The van der Waals surface area contributed by atoms with E-state index in [1.54, 1.807) is 0 Å². The van der Waals surface area contributed by atoms with Crippen LogP contribution in [0.15, 0.2) is 0 Å². The van der Waals surface area contributed by atoms with Gasteiger partial charge in [0.25, 0.3) is 0 Å². The maximum absolute atomic E-state index is 10.9. The molecule has 0 aromatic carbocycles. The molecule has 4 N–H and O–H groups in total. The van der Waals surface area contributed by atoms with E-state index in [4.69, 9.17) is 15.7 Å². The van der Waals surface area contributed by atoms with E-state index in [9.17, 15) is 9.36 Å². The van der Waals surface area contributed by atoms with Gasteiger partial charge in [0, 0.05) is 7.11 Å². The molecule has 0 rings (SSSR count). The zero-order valence-corrected chi connectivity index (χ0v) is 8.24. The SMILES string of the molecule is COP(=O)(O)CCC[C@@H](N)C(=O)O. The maximum atomic E-state index is 10.9. The van der Waals surface area contributed by atoms with Gasteiger partial charge < -0.3 is 20.3 Å². The second kappa shape index (κ2) is 5.34. The van der Waals surface area contributed by atoms with Crippen LogP contribution in [0.1, 0.15) is 12.8 Å². The Morgan fingerprint density at radius 2 is 2.23 bits per heavy atom. The molecule has 0 spiro atoms. The Bertz CT molecular complexity index is 219. The number of aliphatic carboxylic acids is 1. The van der Waals surface area contributed by atoms with Crippen LogP contribution >= 0.6 is 7.60 Å². The highest BCUT2D eigenvalue weighted by atomic mass is 31.2. The molecule has 0 fully saturated rings. The number of carboxylic acids is 1. The van der Waals surface area contributed by atoms with Crippen molar-refractivity contribution in [1.29, 1.82) is 0 Å². The molecule has 7 heteroatoms. The van der Waals surface area contributed by atoms with E-state index in [1.807, 2.05) is 0 Å². The molecule has 0 aliphatic carbocycles. The molecule has 0 bridgehead atoms. The number of nitrogens with two attached hydrogens (primary N) is 1. The molecule has 0 saturated heterocycles. The van der Waals surface area contributed by atoms with Crippen molar-refractivity contribution in [1.82, 2.24) is 0 Å². The standard InChI is InChI=1S/C6H14NO5P/c1-12-13(10,11)4-2-3-5(7)6(8)9/h5H,2-4,7H2,1H3,(H,8,9)(H,10,11)/t5-/m1/s1. The van der Waals surface area contributed by atoms with E-state index < -0.39 is 19.6 Å². The van der Waals surface area contributed by atoms with Crippen LogP contribution in [0.25, 0.3) is 0 Å². The molecule has 78 valence electrons. The second-order valence-electron chi connectivity index (χ2n) is 2.63. The highest BCUT2D eigenvalue weighted by molar-refractivity contribution is 7.52. The highest BCUT2D eigenvalue weighted by Gasteiger charge is 2.18. The summed E-state index contributed by atoms with van der Waals surface area (Å²) in [5.74, 6) is -1.11. The average molecular weight is 211 g/mol. The van der Waals surface area contributed by atoms with Crippen LogP contribution in [0.3, 0.4) is 0 Å². The normalized spacial score (nSPS) is 17.8. The second-order valence-corrected chi connectivity index (χ2v) is 4.72. The predicted molar refractivity (Wildman–Crippen MR) is 46.5 cm³/mol. The van der Waals surface area contributed by atoms with E-state index in [1.165, 1.54) is 0 Å². The summed E-state index contributed by atoms with van der Waals surface area (Å²) >= 11 is 0. The zero-order valence-electron chi connectivity index (χ0n) is 7.34. The van der Waals surface area contributed by atoms with E-state index >= 15 is 0 Å². The van der Waals surface area contributed by atoms with Crippen molar-refractivity contribution < 1.29 is 23.9 Å². The lowest BCUT2D eigenvalue weighted by atomic mass is 10.2. The zero-order chi connectivity index (χ0) is 10.5. The van der Waals surface area contributed by atoms with Crippen molar-refractivity contribution in [3.05, 3.63) is 0 Å². The quantitative estimate of drug-likeness (QED) is 0.534. The van der Waals surface area contributed by atoms with Crippen LogP contribution < -0.4 is 5.73 Å². The average Bonchev–Trinajstić information content (AvgIpc) is 2.04. The molecular weight excluding hydrogens is 197 g/mol. The van der Waals surface area contributed by atoms with Crippen molar-refractivity contribution in [3.8, 4) is 0 Å². The van der Waals surface area contributed by atoms with Crippen LogP contribution in [-0.2, 0) is 13.9 Å². The largest absolute Gasteiger partial charge is 0.480 e. The molecule has 1 unspecified atom stereocenters. The van der Waals surface area contributed by atoms with Crippen molar-refractivity contribution in [3.63, 3.8) is 0 Å². The Morgan fingerprint density at radius 1 is 1.69 bits per heavy atom. The lowest BCUT2D eigenvalue weighted by molar-refractivity contribution is -0.138. The van der Waals surface area contributed by atoms with Gasteiger partial charge >= 0.3 is 13.6 Å². The number of hydrogen-bond donors (Lipinski definition) is 3. The summed E-state index contributed by atoms with van der Waals surface area (Å²) in [6.45, 7) is 0. The summed E-state index contributed by atoms with van der Waals surface area (Å²) in [5.41, 5.74) is 5.18. The van der Waals surface area contributed by atoms with Crippen LogP contribution in [0.2, 0.25) is 0 Å². The summed E-state index contributed by atoms with van der Waals surface area (Å²) in [7, 11) is -2.37. The molecule has 0 radical (unpaired) electrons. The van der Waals surface area contributed by atoms with Gasteiger partial charge in [0.1, 0.15) is 6.04 Å². The lowest BCUT2D eigenvalue weighted by Crippen LogP contribution is -2.30. The van der Waals surface area contributed by atoms with Crippen LogP contribution in [0.5, 0.6) is 0 Å². The molecule has 0 amide bonds. The van der Waals surface area contributed by atoms with Gasteiger partial charge in [0.2, 0.25) is 0 Å². The minimum atomic E-state index is -3.51. The molecule has 0 aromatic heterocycles. The first-order valence-corrected chi connectivity index (χ1v) is 5.51. The fourth-order valence-corrected chi connectivity index (χ4v) is 1.49. The lowest BCUT2D eigenvalue weighted by Gasteiger charge is -2.09. The van der Waals surface area contributed by atoms with Crippen LogP contribution in [0.4, 0.5) is 0 Å². The fraction of sp³-hybridized carbons (Fsp3) is 0.833. The third-order valence-electron chi connectivity index (χ3n) is 1.56. The van der Waals surface area contributed by atoms with E-state index in [0.717, 1.165) is 7.11 Å². The van der Waals surface area contributed by atoms with Gasteiger partial charge in [-0.05, 0) is 12.8 Å². The summed E-state index contributed by atoms with van der Waals surface area (Å²) in [6.07, 6.45) is 0.364. The number of carboxylic acid groups (broad SMARTS) is 1. The van der Waals surface area contributed by atoms with E-state index in [0.29, 0.717) is 0 Å². The predicted octanol–water partition coefficient (Wildman–Crippen LogP) is 0.0103. The number of carbonyl (C=O) groups is 1. The van der Waals surface area contributed by atoms with Crippen LogP contribution in [0, 0.1) is 0 Å². The van der Waals surface area contributed by atoms with Gasteiger partial charge in [-0.1, -0.05) is 0 Å².